The van der Waals surface area contributed by atoms with Crippen LogP contribution in [0, 0.1) is 0 Å². The molecule has 2 aliphatic heterocycles. The van der Waals surface area contributed by atoms with Crippen molar-refractivity contribution in [2.24, 2.45) is 0 Å². The second-order valence-corrected chi connectivity index (χ2v) is 8.54. The van der Waals surface area contributed by atoms with Gasteiger partial charge in [-0.05, 0) is 60.7 Å². The highest BCUT2D eigenvalue weighted by Gasteiger charge is 2.23. The minimum absolute atomic E-state index is 0.457. The molecule has 2 aromatic heterocycles. The summed E-state index contributed by atoms with van der Waals surface area (Å²) >= 11 is 0. The molecule has 1 fully saturated rings. The van der Waals surface area contributed by atoms with Gasteiger partial charge in [0.1, 0.15) is 18.1 Å². The summed E-state index contributed by atoms with van der Waals surface area (Å²) in [4.78, 5) is 19.1. The number of carbonyl (C=O) groups excluding carboxylic acids is 1. The molecule has 0 amide bonds. The van der Waals surface area contributed by atoms with E-state index in [9.17, 15) is 4.79 Å². The van der Waals surface area contributed by atoms with Crippen molar-refractivity contribution in [1.82, 2.24) is 20.1 Å². The molecule has 0 aliphatic carbocycles. The average molecular weight is 459 g/mol. The van der Waals surface area contributed by atoms with Gasteiger partial charge in [0.2, 0.25) is 0 Å². The Labute approximate surface area is 199 Å². The monoisotopic (exact) mass is 458 g/mol. The summed E-state index contributed by atoms with van der Waals surface area (Å²) in [6, 6.07) is 11.9. The van der Waals surface area contributed by atoms with E-state index < -0.39 is 6.04 Å². The Balaban J connectivity index is 1.49. The molecule has 1 atom stereocenters. The number of hydrogen-bond donors (Lipinski definition) is 2. The zero-order valence-corrected chi connectivity index (χ0v) is 19.4. The normalized spacial score (nSPS) is 17.2. The molecule has 0 bridgehead atoms. The quantitative estimate of drug-likeness (QED) is 0.491. The van der Waals surface area contributed by atoms with Crippen molar-refractivity contribution in [1.29, 1.82) is 0 Å². The fraction of sp³-hybridized carbons (Fsp3) is 0.346. The minimum Gasteiger partial charge on any atom is -0.378 e. The average Bonchev–Trinajstić information content (AvgIpc) is 3.36. The molecule has 1 saturated heterocycles. The smallest absolute Gasteiger partial charge is 0.146 e. The number of carbonyl (C=O) groups is 1. The van der Waals surface area contributed by atoms with Gasteiger partial charge in [0.05, 0.1) is 24.6 Å². The lowest BCUT2D eigenvalue weighted by Crippen LogP contribution is -2.36. The van der Waals surface area contributed by atoms with Gasteiger partial charge in [0.25, 0.3) is 0 Å². The van der Waals surface area contributed by atoms with Crippen molar-refractivity contribution in [2.75, 3.05) is 36.5 Å². The molecule has 8 nitrogen and oxygen atoms in total. The van der Waals surface area contributed by atoms with Crippen molar-refractivity contribution < 1.29 is 9.53 Å². The number of nitrogens with one attached hydrogen (secondary N) is 2. The molecule has 0 spiro atoms. The molecular formula is C26H30N6O2. The fourth-order valence-electron chi connectivity index (χ4n) is 4.45. The van der Waals surface area contributed by atoms with Crippen LogP contribution in [-0.2, 0) is 16.1 Å². The number of ether oxygens (including phenoxy) is 1. The summed E-state index contributed by atoms with van der Waals surface area (Å²) in [5.74, 6) is 0.670. The molecule has 2 N–H and O–H groups in total. The van der Waals surface area contributed by atoms with Crippen LogP contribution in [0.5, 0.6) is 0 Å². The first kappa shape index (κ1) is 22.2. The van der Waals surface area contributed by atoms with E-state index in [1.54, 1.807) is 0 Å². The molecule has 5 rings (SSSR count). The van der Waals surface area contributed by atoms with Gasteiger partial charge in [-0.15, -0.1) is 0 Å². The fourth-order valence-corrected chi connectivity index (χ4v) is 4.45. The van der Waals surface area contributed by atoms with Crippen molar-refractivity contribution in [3.8, 4) is 11.4 Å². The van der Waals surface area contributed by atoms with Crippen LogP contribution in [0.4, 0.5) is 17.2 Å². The maximum atomic E-state index is 11.9. The van der Waals surface area contributed by atoms with Crippen LogP contribution in [0.15, 0.2) is 48.8 Å². The van der Waals surface area contributed by atoms with Crippen molar-refractivity contribution in [3.63, 3.8) is 0 Å². The molecule has 3 aromatic rings. The molecule has 34 heavy (non-hydrogen) atoms. The summed E-state index contributed by atoms with van der Waals surface area (Å²) in [6.45, 7) is 6.32. The SMILES string of the molecule is CCCCn1nccc1-c1cc2c(c(Nc3ccc(N4CCOCC4)cc3)n1)C(C=O)NC=C2. The number of hydrogen-bond acceptors (Lipinski definition) is 7. The summed E-state index contributed by atoms with van der Waals surface area (Å²) in [5.41, 5.74) is 5.71. The zero-order valence-electron chi connectivity index (χ0n) is 19.4. The Hall–Kier alpha value is -3.65. The summed E-state index contributed by atoms with van der Waals surface area (Å²) in [7, 11) is 0. The third-order valence-corrected chi connectivity index (χ3v) is 6.29. The molecule has 176 valence electrons. The van der Waals surface area contributed by atoms with Crippen LogP contribution in [0.3, 0.4) is 0 Å². The lowest BCUT2D eigenvalue weighted by Gasteiger charge is -2.29. The molecular weight excluding hydrogens is 428 g/mol. The van der Waals surface area contributed by atoms with E-state index in [0.717, 1.165) is 80.2 Å². The number of anilines is 3. The van der Waals surface area contributed by atoms with Crippen molar-refractivity contribution >= 4 is 29.6 Å². The number of unbranched alkanes of at least 4 members (excludes halogenated alkanes) is 1. The number of aldehydes is 1. The van der Waals surface area contributed by atoms with E-state index in [2.05, 4.69) is 51.8 Å². The predicted molar refractivity (Wildman–Crippen MR) is 134 cm³/mol. The minimum atomic E-state index is -0.457. The Bertz CT molecular complexity index is 1160. The van der Waals surface area contributed by atoms with Crippen LogP contribution in [0.1, 0.15) is 36.9 Å². The molecule has 0 saturated carbocycles. The largest absolute Gasteiger partial charge is 0.378 e. The molecule has 2 aliphatic rings. The summed E-state index contributed by atoms with van der Waals surface area (Å²) < 4.78 is 7.46. The van der Waals surface area contributed by atoms with Crippen molar-refractivity contribution in [2.45, 2.75) is 32.4 Å². The Morgan fingerprint density at radius 2 is 2.03 bits per heavy atom. The van der Waals surface area contributed by atoms with Gasteiger partial charge in [0.15, 0.2) is 0 Å². The second kappa shape index (κ2) is 10.1. The number of benzene rings is 1. The van der Waals surface area contributed by atoms with Crippen molar-refractivity contribution in [3.05, 3.63) is 59.9 Å². The van der Waals surface area contributed by atoms with E-state index >= 15 is 0 Å². The van der Waals surface area contributed by atoms with E-state index in [-0.39, 0.29) is 0 Å². The summed E-state index contributed by atoms with van der Waals surface area (Å²) in [5, 5.41) is 11.1. The van der Waals surface area contributed by atoms with Crippen LogP contribution < -0.4 is 15.5 Å². The van der Waals surface area contributed by atoms with Crippen LogP contribution in [0.2, 0.25) is 0 Å². The molecule has 8 heteroatoms. The topological polar surface area (TPSA) is 84.3 Å². The highest BCUT2D eigenvalue weighted by molar-refractivity contribution is 5.79. The third-order valence-electron chi connectivity index (χ3n) is 6.29. The van der Waals surface area contributed by atoms with E-state index in [1.165, 1.54) is 5.69 Å². The van der Waals surface area contributed by atoms with E-state index in [4.69, 9.17) is 9.72 Å². The number of pyridine rings is 1. The first-order valence-electron chi connectivity index (χ1n) is 11.9. The summed E-state index contributed by atoms with van der Waals surface area (Å²) in [6.07, 6.45) is 8.69. The lowest BCUT2D eigenvalue weighted by atomic mass is 9.97. The van der Waals surface area contributed by atoms with E-state index in [0.29, 0.717) is 5.82 Å². The number of morpholine rings is 1. The second-order valence-electron chi connectivity index (χ2n) is 8.54. The first-order valence-corrected chi connectivity index (χ1v) is 11.9. The van der Waals surface area contributed by atoms with Gasteiger partial charge in [-0.25, -0.2) is 4.98 Å². The maximum Gasteiger partial charge on any atom is 0.146 e. The van der Waals surface area contributed by atoms with Crippen LogP contribution in [-0.4, -0.2) is 47.4 Å². The van der Waals surface area contributed by atoms with Gasteiger partial charge in [0, 0.05) is 42.8 Å². The number of nitrogens with zero attached hydrogens (tertiary/aromatic N) is 4. The number of rotatable bonds is 8. The Kier molecular flexibility index (Phi) is 6.58. The lowest BCUT2D eigenvalue weighted by molar-refractivity contribution is -0.109. The number of fused-ring (bicyclic) bond motifs is 1. The van der Waals surface area contributed by atoms with Gasteiger partial charge in [-0.1, -0.05) is 13.3 Å². The van der Waals surface area contributed by atoms with Gasteiger partial charge >= 0.3 is 0 Å². The van der Waals surface area contributed by atoms with E-state index in [1.807, 2.05) is 35.3 Å². The predicted octanol–water partition coefficient (Wildman–Crippen LogP) is 4.14. The van der Waals surface area contributed by atoms with Gasteiger partial charge in [-0.2, -0.15) is 5.10 Å². The third kappa shape index (κ3) is 4.54. The van der Waals surface area contributed by atoms with Gasteiger partial charge < -0.3 is 25.1 Å². The molecule has 1 unspecified atom stereocenters. The zero-order chi connectivity index (χ0) is 23.3. The first-order chi connectivity index (χ1) is 16.8. The Morgan fingerprint density at radius 1 is 1.21 bits per heavy atom. The number of aryl methyl sites for hydroxylation is 1. The number of aromatic nitrogens is 3. The van der Waals surface area contributed by atoms with Gasteiger partial charge in [-0.3, -0.25) is 4.68 Å². The Morgan fingerprint density at radius 3 is 2.79 bits per heavy atom. The van der Waals surface area contributed by atoms with Crippen LogP contribution >= 0.6 is 0 Å². The molecule has 1 aromatic carbocycles. The highest BCUT2D eigenvalue weighted by Crippen LogP contribution is 2.34. The molecule has 0 radical (unpaired) electrons. The van der Waals surface area contributed by atoms with Crippen LogP contribution in [0.25, 0.3) is 17.5 Å². The molecule has 4 heterocycles. The highest BCUT2D eigenvalue weighted by atomic mass is 16.5. The maximum absolute atomic E-state index is 11.9. The standard InChI is InChI=1S/C26H30N6O2/c1-2-3-12-32-24(9-11-28-32)22-17-19-8-10-27-23(18-33)25(19)26(30-22)29-20-4-6-21(7-5-20)31-13-15-34-16-14-31/h4-11,17-18,23,27H,2-3,12-16H2,1H3,(H,29,30).